The number of hydrogen-bond acceptors (Lipinski definition) is 5. The molecule has 0 aliphatic rings. The Morgan fingerprint density at radius 1 is 1.17 bits per heavy atom. The zero-order valence-electron chi connectivity index (χ0n) is 13.6. The van der Waals surface area contributed by atoms with Crippen molar-refractivity contribution in [2.75, 3.05) is 7.05 Å². The molecule has 122 valence electrons. The van der Waals surface area contributed by atoms with Crippen molar-refractivity contribution in [1.82, 2.24) is 29.4 Å². The number of amides is 1. The molecule has 3 aromatic rings. The number of nitrogens with zero attached hydrogens (tertiary/aromatic N) is 6. The zero-order chi connectivity index (χ0) is 16.9. The van der Waals surface area contributed by atoms with Crippen LogP contribution in [-0.4, -0.2) is 42.4 Å². The molecule has 0 fully saturated rings. The van der Waals surface area contributed by atoms with Crippen molar-refractivity contribution in [1.29, 1.82) is 0 Å². The summed E-state index contributed by atoms with van der Waals surface area (Å²) in [6, 6.07) is 3.70. The van der Waals surface area contributed by atoms with E-state index in [-0.39, 0.29) is 5.91 Å². The lowest BCUT2D eigenvalue weighted by atomic mass is 10.2. The van der Waals surface area contributed by atoms with E-state index in [2.05, 4.69) is 19.9 Å². The van der Waals surface area contributed by atoms with Crippen molar-refractivity contribution < 1.29 is 4.79 Å². The second-order valence-corrected chi connectivity index (χ2v) is 5.33. The first-order valence-electron chi connectivity index (χ1n) is 7.67. The Bertz CT molecular complexity index is 813. The highest BCUT2D eigenvalue weighted by atomic mass is 16.2. The SMILES string of the molecule is CCn1ccnc1CN(C)C(=O)c1cnc(-c2cccnc2)nc1. The number of pyridine rings is 1. The van der Waals surface area contributed by atoms with Crippen LogP contribution in [0.5, 0.6) is 0 Å². The first-order valence-corrected chi connectivity index (χ1v) is 7.67. The van der Waals surface area contributed by atoms with Crippen molar-refractivity contribution in [3.05, 3.63) is 60.7 Å². The summed E-state index contributed by atoms with van der Waals surface area (Å²) >= 11 is 0. The van der Waals surface area contributed by atoms with Gasteiger partial charge in [0.05, 0.1) is 12.1 Å². The quantitative estimate of drug-likeness (QED) is 0.718. The van der Waals surface area contributed by atoms with Gasteiger partial charge in [0.1, 0.15) is 5.82 Å². The van der Waals surface area contributed by atoms with Crippen molar-refractivity contribution in [2.45, 2.75) is 20.0 Å². The van der Waals surface area contributed by atoms with Crippen LogP contribution in [0.25, 0.3) is 11.4 Å². The van der Waals surface area contributed by atoms with Gasteiger partial charge >= 0.3 is 0 Å². The lowest BCUT2D eigenvalue weighted by molar-refractivity contribution is 0.0779. The molecule has 1 amide bonds. The van der Waals surface area contributed by atoms with Gasteiger partial charge in [-0.2, -0.15) is 0 Å². The third-order valence-electron chi connectivity index (χ3n) is 3.69. The van der Waals surface area contributed by atoms with Gasteiger partial charge in [-0.25, -0.2) is 15.0 Å². The third-order valence-corrected chi connectivity index (χ3v) is 3.69. The Kier molecular flexibility index (Phi) is 4.60. The molecule has 0 aromatic carbocycles. The van der Waals surface area contributed by atoms with Gasteiger partial charge in [-0.3, -0.25) is 9.78 Å². The number of carbonyl (C=O) groups excluding carboxylic acids is 1. The molecule has 0 atom stereocenters. The largest absolute Gasteiger partial charge is 0.334 e. The fourth-order valence-corrected chi connectivity index (χ4v) is 2.37. The van der Waals surface area contributed by atoms with Crippen LogP contribution in [0.4, 0.5) is 0 Å². The summed E-state index contributed by atoms with van der Waals surface area (Å²) < 4.78 is 2.01. The Labute approximate surface area is 140 Å². The molecular formula is C17H18N6O. The molecule has 0 aliphatic carbocycles. The predicted molar refractivity (Wildman–Crippen MR) is 89.0 cm³/mol. The van der Waals surface area contributed by atoms with Gasteiger partial charge < -0.3 is 9.47 Å². The molecule has 0 saturated carbocycles. The Morgan fingerprint density at radius 3 is 2.62 bits per heavy atom. The van der Waals surface area contributed by atoms with Crippen LogP contribution in [0.3, 0.4) is 0 Å². The fraction of sp³-hybridized carbons (Fsp3) is 0.235. The van der Waals surface area contributed by atoms with Crippen molar-refractivity contribution in [2.24, 2.45) is 0 Å². The second kappa shape index (κ2) is 6.99. The Balaban J connectivity index is 1.73. The third kappa shape index (κ3) is 3.29. The van der Waals surface area contributed by atoms with Gasteiger partial charge in [0.2, 0.25) is 0 Å². The molecule has 0 radical (unpaired) electrons. The summed E-state index contributed by atoms with van der Waals surface area (Å²) in [6.45, 7) is 3.29. The standard InChI is InChI=1S/C17H18N6O/c1-3-23-8-7-19-15(23)12-22(2)17(24)14-10-20-16(21-11-14)13-5-4-6-18-9-13/h4-11H,3,12H2,1-2H3. The molecule has 3 heterocycles. The molecule has 3 aromatic heterocycles. The molecule has 0 N–H and O–H groups in total. The molecule has 0 spiro atoms. The van der Waals surface area contributed by atoms with Crippen molar-refractivity contribution in [3.63, 3.8) is 0 Å². The van der Waals surface area contributed by atoms with Crippen LogP contribution >= 0.6 is 0 Å². The average Bonchev–Trinajstić information content (AvgIpc) is 3.09. The maximum atomic E-state index is 12.5. The van der Waals surface area contributed by atoms with Gasteiger partial charge in [0, 0.05) is 56.3 Å². The van der Waals surface area contributed by atoms with Gasteiger partial charge in [-0.05, 0) is 19.1 Å². The molecule has 0 saturated heterocycles. The predicted octanol–water partition coefficient (Wildman–Crippen LogP) is 2.03. The van der Waals surface area contributed by atoms with E-state index in [0.29, 0.717) is 17.9 Å². The lowest BCUT2D eigenvalue weighted by Crippen LogP contribution is -2.28. The minimum absolute atomic E-state index is 0.140. The molecule has 3 rings (SSSR count). The van der Waals surface area contributed by atoms with E-state index in [1.165, 1.54) is 0 Å². The van der Waals surface area contributed by atoms with Gasteiger partial charge in [-0.15, -0.1) is 0 Å². The monoisotopic (exact) mass is 322 g/mol. The molecular weight excluding hydrogens is 304 g/mol. The maximum Gasteiger partial charge on any atom is 0.257 e. The maximum absolute atomic E-state index is 12.5. The van der Waals surface area contributed by atoms with Gasteiger partial charge in [-0.1, -0.05) is 0 Å². The van der Waals surface area contributed by atoms with E-state index in [1.54, 1.807) is 42.9 Å². The summed E-state index contributed by atoms with van der Waals surface area (Å²) in [5, 5.41) is 0. The number of rotatable bonds is 5. The molecule has 0 aliphatic heterocycles. The highest BCUT2D eigenvalue weighted by molar-refractivity contribution is 5.93. The topological polar surface area (TPSA) is 76.8 Å². The summed E-state index contributed by atoms with van der Waals surface area (Å²) in [4.78, 5) is 31.0. The summed E-state index contributed by atoms with van der Waals surface area (Å²) in [7, 11) is 1.74. The first kappa shape index (κ1) is 15.8. The second-order valence-electron chi connectivity index (χ2n) is 5.33. The van der Waals surface area contributed by atoms with Crippen LogP contribution in [0.1, 0.15) is 23.1 Å². The summed E-state index contributed by atoms with van der Waals surface area (Å²) in [6.07, 6.45) is 10.1. The first-order chi connectivity index (χ1) is 11.7. The zero-order valence-corrected chi connectivity index (χ0v) is 13.6. The van der Waals surface area contributed by atoms with E-state index in [9.17, 15) is 4.79 Å². The number of hydrogen-bond donors (Lipinski definition) is 0. The van der Waals surface area contributed by atoms with Crippen LogP contribution in [-0.2, 0) is 13.1 Å². The van der Waals surface area contributed by atoms with E-state index in [0.717, 1.165) is 17.9 Å². The molecule has 0 unspecified atom stereocenters. The number of imidazole rings is 1. The minimum atomic E-state index is -0.140. The van der Waals surface area contributed by atoms with E-state index in [4.69, 9.17) is 0 Å². The summed E-state index contributed by atoms with van der Waals surface area (Å²) in [5.41, 5.74) is 1.26. The normalized spacial score (nSPS) is 10.6. The average molecular weight is 322 g/mol. The highest BCUT2D eigenvalue weighted by Gasteiger charge is 2.15. The van der Waals surface area contributed by atoms with Crippen molar-refractivity contribution in [3.8, 4) is 11.4 Å². The smallest absolute Gasteiger partial charge is 0.257 e. The molecule has 24 heavy (non-hydrogen) atoms. The van der Waals surface area contributed by atoms with E-state index < -0.39 is 0 Å². The van der Waals surface area contributed by atoms with Crippen molar-refractivity contribution >= 4 is 5.91 Å². The minimum Gasteiger partial charge on any atom is -0.334 e. The van der Waals surface area contributed by atoms with E-state index in [1.807, 2.05) is 29.8 Å². The lowest BCUT2D eigenvalue weighted by Gasteiger charge is -2.17. The Morgan fingerprint density at radius 2 is 1.96 bits per heavy atom. The van der Waals surface area contributed by atoms with Crippen LogP contribution < -0.4 is 0 Å². The van der Waals surface area contributed by atoms with Crippen LogP contribution in [0.15, 0.2) is 49.3 Å². The van der Waals surface area contributed by atoms with Crippen LogP contribution in [0, 0.1) is 0 Å². The number of aromatic nitrogens is 5. The number of carbonyl (C=O) groups is 1. The number of aryl methyl sites for hydroxylation is 1. The van der Waals surface area contributed by atoms with Gasteiger partial charge in [0.25, 0.3) is 5.91 Å². The molecule has 0 bridgehead atoms. The van der Waals surface area contributed by atoms with Gasteiger partial charge in [0.15, 0.2) is 5.82 Å². The van der Waals surface area contributed by atoms with E-state index >= 15 is 0 Å². The Hall–Kier alpha value is -3.09. The molecule has 7 nitrogen and oxygen atoms in total. The fourth-order valence-electron chi connectivity index (χ4n) is 2.37. The van der Waals surface area contributed by atoms with Crippen LogP contribution in [0.2, 0.25) is 0 Å². The highest BCUT2D eigenvalue weighted by Crippen LogP contribution is 2.13. The summed E-state index contributed by atoms with van der Waals surface area (Å²) in [5.74, 6) is 1.25. The molecule has 7 heteroatoms.